The molecule has 5 nitrogen and oxygen atoms in total. The molecule has 4 N–H and O–H groups in total. The Labute approximate surface area is 103 Å². The van der Waals surface area contributed by atoms with Gasteiger partial charge in [-0.2, -0.15) is 0 Å². The highest BCUT2D eigenvalue weighted by Gasteiger charge is 2.32. The Bertz CT molecular complexity index is 273. The zero-order valence-electron chi connectivity index (χ0n) is 10.6. The van der Waals surface area contributed by atoms with Crippen molar-refractivity contribution in [2.45, 2.75) is 38.5 Å². The smallest absolute Gasteiger partial charge is 0.239 e. The summed E-state index contributed by atoms with van der Waals surface area (Å²) in [6.45, 7) is 0.608. The van der Waals surface area contributed by atoms with E-state index in [4.69, 9.17) is 5.73 Å². The minimum Gasteiger partial charge on any atom is -0.358 e. The van der Waals surface area contributed by atoms with E-state index in [0.717, 1.165) is 25.7 Å². The maximum Gasteiger partial charge on any atom is 0.239 e. The third-order valence-corrected chi connectivity index (χ3v) is 3.61. The van der Waals surface area contributed by atoms with E-state index in [1.165, 1.54) is 6.42 Å². The van der Waals surface area contributed by atoms with Crippen LogP contribution in [0.3, 0.4) is 0 Å². The van der Waals surface area contributed by atoms with Gasteiger partial charge in [0, 0.05) is 13.5 Å². The third-order valence-electron chi connectivity index (χ3n) is 3.61. The lowest BCUT2D eigenvalue weighted by Crippen LogP contribution is -2.41. The molecular weight excluding hydrogens is 218 g/mol. The molecule has 0 radical (unpaired) electrons. The fourth-order valence-electron chi connectivity index (χ4n) is 2.43. The van der Waals surface area contributed by atoms with Crippen LogP contribution in [0.5, 0.6) is 0 Å². The van der Waals surface area contributed by atoms with Crippen molar-refractivity contribution in [2.24, 2.45) is 11.1 Å². The minimum absolute atomic E-state index is 0.0367. The topological polar surface area (TPSA) is 84.2 Å². The normalized spacial score (nSPS) is 18.5. The van der Waals surface area contributed by atoms with Crippen LogP contribution in [-0.4, -0.2) is 32.0 Å². The molecular formula is C12H23N3O2. The molecule has 0 aliphatic heterocycles. The molecule has 0 atom stereocenters. The zero-order valence-corrected chi connectivity index (χ0v) is 10.6. The first kappa shape index (κ1) is 14.0. The summed E-state index contributed by atoms with van der Waals surface area (Å²) in [7, 11) is 1.55. The van der Waals surface area contributed by atoms with Crippen LogP contribution in [0.25, 0.3) is 0 Å². The molecule has 1 fully saturated rings. The van der Waals surface area contributed by atoms with Crippen molar-refractivity contribution in [3.05, 3.63) is 0 Å². The van der Waals surface area contributed by atoms with Crippen LogP contribution < -0.4 is 16.4 Å². The summed E-state index contributed by atoms with van der Waals surface area (Å²) in [4.78, 5) is 22.8. The monoisotopic (exact) mass is 241 g/mol. The molecule has 0 unspecified atom stereocenters. The Morgan fingerprint density at radius 1 is 1.18 bits per heavy atom. The molecule has 17 heavy (non-hydrogen) atoms. The van der Waals surface area contributed by atoms with Crippen molar-refractivity contribution in [3.63, 3.8) is 0 Å². The summed E-state index contributed by atoms with van der Waals surface area (Å²) in [5.74, 6) is -0.246. The van der Waals surface area contributed by atoms with Gasteiger partial charge in [0.05, 0.1) is 6.54 Å². The van der Waals surface area contributed by atoms with Crippen LogP contribution in [0.4, 0.5) is 0 Å². The Hall–Kier alpha value is -1.10. The fourth-order valence-corrected chi connectivity index (χ4v) is 2.43. The van der Waals surface area contributed by atoms with Crippen molar-refractivity contribution in [3.8, 4) is 0 Å². The van der Waals surface area contributed by atoms with Gasteiger partial charge in [-0.15, -0.1) is 0 Å². The van der Waals surface area contributed by atoms with Gasteiger partial charge in [-0.3, -0.25) is 9.59 Å². The number of carbonyl (C=O) groups is 2. The van der Waals surface area contributed by atoms with Crippen LogP contribution in [0.2, 0.25) is 0 Å². The van der Waals surface area contributed by atoms with Crippen molar-refractivity contribution >= 4 is 11.8 Å². The molecule has 1 saturated carbocycles. The van der Waals surface area contributed by atoms with Crippen LogP contribution in [0.15, 0.2) is 0 Å². The van der Waals surface area contributed by atoms with Crippen molar-refractivity contribution < 1.29 is 9.59 Å². The second kappa shape index (κ2) is 6.59. The summed E-state index contributed by atoms with van der Waals surface area (Å²) in [6, 6.07) is 0. The first-order chi connectivity index (χ1) is 8.12. The third kappa shape index (κ3) is 4.34. The van der Waals surface area contributed by atoms with E-state index in [-0.39, 0.29) is 23.8 Å². The zero-order chi connectivity index (χ0) is 12.7. The average molecular weight is 241 g/mol. The van der Waals surface area contributed by atoms with Gasteiger partial charge < -0.3 is 16.4 Å². The summed E-state index contributed by atoms with van der Waals surface area (Å²) in [6.07, 6.45) is 6.04. The Kier molecular flexibility index (Phi) is 5.41. The van der Waals surface area contributed by atoms with Gasteiger partial charge in [0.15, 0.2) is 0 Å². The quantitative estimate of drug-likeness (QED) is 0.640. The highest BCUT2D eigenvalue weighted by Crippen LogP contribution is 2.38. The number of amides is 2. The Morgan fingerprint density at radius 3 is 2.35 bits per heavy atom. The second-order valence-electron chi connectivity index (χ2n) is 4.89. The maximum absolute atomic E-state index is 11.7. The summed E-state index contributed by atoms with van der Waals surface area (Å²) < 4.78 is 0. The molecule has 0 aromatic carbocycles. The molecule has 2 amide bonds. The lowest BCUT2D eigenvalue weighted by atomic mass is 9.71. The van der Waals surface area contributed by atoms with E-state index in [9.17, 15) is 9.59 Å². The van der Waals surface area contributed by atoms with Crippen molar-refractivity contribution in [2.75, 3.05) is 20.1 Å². The number of hydrogen-bond donors (Lipinski definition) is 3. The number of nitrogens with one attached hydrogen (secondary N) is 2. The molecule has 1 aliphatic carbocycles. The van der Waals surface area contributed by atoms with Crippen LogP contribution in [0.1, 0.15) is 38.5 Å². The van der Waals surface area contributed by atoms with E-state index >= 15 is 0 Å². The highest BCUT2D eigenvalue weighted by molar-refractivity contribution is 5.84. The van der Waals surface area contributed by atoms with Crippen LogP contribution in [-0.2, 0) is 9.59 Å². The number of likely N-dealkylation sites (N-methyl/N-ethyl adjacent to an activating group) is 1. The minimum atomic E-state index is -0.177. The molecule has 1 aliphatic rings. The first-order valence-corrected chi connectivity index (χ1v) is 6.29. The molecule has 5 heteroatoms. The van der Waals surface area contributed by atoms with Crippen LogP contribution >= 0.6 is 0 Å². The standard InChI is InChI=1S/C12H23N3O2/c1-14-11(17)8-15-10(16)7-12(9-13)5-3-2-4-6-12/h2-9,13H2,1H3,(H,14,17)(H,15,16). The number of nitrogens with two attached hydrogens (primary N) is 1. The molecule has 1 rings (SSSR count). The molecule has 0 aromatic rings. The van der Waals surface area contributed by atoms with Crippen LogP contribution in [0, 0.1) is 5.41 Å². The second-order valence-corrected chi connectivity index (χ2v) is 4.89. The SMILES string of the molecule is CNC(=O)CNC(=O)CC1(CN)CCCCC1. The van der Waals surface area contributed by atoms with Gasteiger partial charge in [-0.25, -0.2) is 0 Å². The average Bonchev–Trinajstić information content (AvgIpc) is 2.37. The number of carbonyl (C=O) groups excluding carboxylic acids is 2. The van der Waals surface area contributed by atoms with E-state index < -0.39 is 0 Å². The lowest BCUT2D eigenvalue weighted by molar-refractivity contribution is -0.127. The van der Waals surface area contributed by atoms with Gasteiger partial charge in [0.1, 0.15) is 0 Å². The van der Waals surface area contributed by atoms with E-state index in [2.05, 4.69) is 10.6 Å². The summed E-state index contributed by atoms with van der Waals surface area (Å²) >= 11 is 0. The largest absolute Gasteiger partial charge is 0.358 e. The lowest BCUT2D eigenvalue weighted by Gasteiger charge is -2.35. The van der Waals surface area contributed by atoms with Gasteiger partial charge in [0.2, 0.25) is 11.8 Å². The molecule has 0 saturated heterocycles. The van der Waals surface area contributed by atoms with Gasteiger partial charge >= 0.3 is 0 Å². The molecule has 0 aromatic heterocycles. The molecule has 0 bridgehead atoms. The number of hydrogen-bond acceptors (Lipinski definition) is 3. The first-order valence-electron chi connectivity index (χ1n) is 6.29. The van der Waals surface area contributed by atoms with Gasteiger partial charge in [-0.05, 0) is 24.8 Å². The van der Waals surface area contributed by atoms with Crippen molar-refractivity contribution in [1.82, 2.24) is 10.6 Å². The molecule has 0 spiro atoms. The Morgan fingerprint density at radius 2 is 1.82 bits per heavy atom. The van der Waals surface area contributed by atoms with Gasteiger partial charge in [-0.1, -0.05) is 19.3 Å². The predicted octanol–water partition coefficient (Wildman–Crippen LogP) is 0.148. The molecule has 98 valence electrons. The van der Waals surface area contributed by atoms with E-state index in [1.54, 1.807) is 7.05 Å². The highest BCUT2D eigenvalue weighted by atomic mass is 16.2. The van der Waals surface area contributed by atoms with E-state index in [1.807, 2.05) is 0 Å². The summed E-state index contributed by atoms with van der Waals surface area (Å²) in [5, 5.41) is 5.10. The molecule has 0 heterocycles. The fraction of sp³-hybridized carbons (Fsp3) is 0.833. The summed E-state index contributed by atoms with van der Waals surface area (Å²) in [5.41, 5.74) is 5.77. The number of rotatable bonds is 5. The van der Waals surface area contributed by atoms with Gasteiger partial charge in [0.25, 0.3) is 0 Å². The maximum atomic E-state index is 11.7. The van der Waals surface area contributed by atoms with E-state index in [0.29, 0.717) is 13.0 Å². The predicted molar refractivity (Wildman–Crippen MR) is 66.3 cm³/mol. The van der Waals surface area contributed by atoms with Crippen molar-refractivity contribution in [1.29, 1.82) is 0 Å². The Balaban J connectivity index is 2.39.